The van der Waals surface area contributed by atoms with Gasteiger partial charge in [0.1, 0.15) is 11.6 Å². The van der Waals surface area contributed by atoms with Gasteiger partial charge in [0.05, 0.1) is 5.56 Å². The summed E-state index contributed by atoms with van der Waals surface area (Å²) in [4.78, 5) is 26.0. The molecule has 0 bridgehead atoms. The summed E-state index contributed by atoms with van der Waals surface area (Å²) in [5, 5.41) is 5.91. The standard InChI is InChI=1S/C19H27F2N3O2.ClH/c1-2-22-13-14-7-10-24(11-8-14)18(25)4-3-9-23-19(26)16-6-5-15(20)12-17(16)21;/h5-6,12,14,22H,2-4,7-11,13H2,1H3,(H,23,26);1H. The highest BCUT2D eigenvalue weighted by Gasteiger charge is 2.22. The molecule has 0 saturated carbocycles. The van der Waals surface area contributed by atoms with E-state index in [9.17, 15) is 18.4 Å². The number of rotatable bonds is 8. The van der Waals surface area contributed by atoms with Crippen molar-refractivity contribution in [2.24, 2.45) is 5.92 Å². The van der Waals surface area contributed by atoms with Crippen LogP contribution >= 0.6 is 12.4 Å². The summed E-state index contributed by atoms with van der Waals surface area (Å²) in [6.45, 7) is 5.89. The van der Waals surface area contributed by atoms with Gasteiger partial charge >= 0.3 is 0 Å². The number of hydrogen-bond donors (Lipinski definition) is 2. The van der Waals surface area contributed by atoms with Crippen LogP contribution in [0.25, 0.3) is 0 Å². The second kappa shape index (κ2) is 11.9. The first-order valence-corrected chi connectivity index (χ1v) is 9.23. The molecule has 0 aromatic heterocycles. The van der Waals surface area contributed by atoms with Crippen molar-refractivity contribution in [3.63, 3.8) is 0 Å². The van der Waals surface area contributed by atoms with Crippen molar-refractivity contribution in [1.29, 1.82) is 0 Å². The smallest absolute Gasteiger partial charge is 0.254 e. The fourth-order valence-electron chi connectivity index (χ4n) is 3.10. The van der Waals surface area contributed by atoms with E-state index in [1.165, 1.54) is 0 Å². The predicted octanol–water partition coefficient (Wildman–Crippen LogP) is 2.74. The Kier molecular flexibility index (Phi) is 10.3. The summed E-state index contributed by atoms with van der Waals surface area (Å²) in [6.07, 6.45) is 2.87. The third-order valence-electron chi connectivity index (χ3n) is 4.68. The molecule has 152 valence electrons. The van der Waals surface area contributed by atoms with Crippen LogP contribution in [0, 0.1) is 17.6 Å². The lowest BCUT2D eigenvalue weighted by atomic mass is 9.96. The molecule has 0 atom stereocenters. The molecular formula is C19H28ClF2N3O2. The average molecular weight is 404 g/mol. The molecule has 0 unspecified atom stereocenters. The van der Waals surface area contributed by atoms with Crippen LogP contribution in [-0.4, -0.2) is 49.4 Å². The molecule has 0 radical (unpaired) electrons. The highest BCUT2D eigenvalue weighted by atomic mass is 35.5. The van der Waals surface area contributed by atoms with Gasteiger partial charge in [0.25, 0.3) is 5.91 Å². The van der Waals surface area contributed by atoms with Crippen LogP contribution < -0.4 is 10.6 Å². The summed E-state index contributed by atoms with van der Waals surface area (Å²) >= 11 is 0. The summed E-state index contributed by atoms with van der Waals surface area (Å²) in [6, 6.07) is 2.84. The third kappa shape index (κ3) is 7.42. The van der Waals surface area contributed by atoms with Crippen molar-refractivity contribution in [2.75, 3.05) is 32.7 Å². The van der Waals surface area contributed by atoms with Crippen LogP contribution in [0.15, 0.2) is 18.2 Å². The van der Waals surface area contributed by atoms with Crippen molar-refractivity contribution in [3.8, 4) is 0 Å². The maximum atomic E-state index is 13.5. The molecule has 1 saturated heterocycles. The third-order valence-corrected chi connectivity index (χ3v) is 4.68. The average Bonchev–Trinajstić information content (AvgIpc) is 2.63. The number of likely N-dealkylation sites (tertiary alicyclic amines) is 1. The fourth-order valence-corrected chi connectivity index (χ4v) is 3.10. The van der Waals surface area contributed by atoms with Crippen LogP contribution in [-0.2, 0) is 4.79 Å². The Bertz CT molecular complexity index is 623. The quantitative estimate of drug-likeness (QED) is 0.656. The molecule has 1 fully saturated rings. The van der Waals surface area contributed by atoms with E-state index < -0.39 is 17.5 Å². The largest absolute Gasteiger partial charge is 0.352 e. The van der Waals surface area contributed by atoms with Crippen molar-refractivity contribution < 1.29 is 18.4 Å². The van der Waals surface area contributed by atoms with E-state index in [0.29, 0.717) is 24.8 Å². The van der Waals surface area contributed by atoms with Crippen LogP contribution in [0.5, 0.6) is 0 Å². The van der Waals surface area contributed by atoms with Gasteiger partial charge in [-0.2, -0.15) is 0 Å². The van der Waals surface area contributed by atoms with Crippen LogP contribution in [0.1, 0.15) is 43.0 Å². The summed E-state index contributed by atoms with van der Waals surface area (Å²) in [5.41, 5.74) is -0.194. The lowest BCUT2D eigenvalue weighted by Gasteiger charge is -2.32. The highest BCUT2D eigenvalue weighted by molar-refractivity contribution is 5.94. The summed E-state index contributed by atoms with van der Waals surface area (Å²) in [5.74, 6) is -1.49. The number of nitrogens with zero attached hydrogens (tertiary/aromatic N) is 1. The Morgan fingerprint density at radius 2 is 1.93 bits per heavy atom. The van der Waals surface area contributed by atoms with Gasteiger partial charge in [-0.05, 0) is 50.4 Å². The molecule has 1 aromatic rings. The number of carbonyl (C=O) groups is 2. The number of piperidine rings is 1. The van der Waals surface area contributed by atoms with Gasteiger partial charge in [0.2, 0.25) is 5.91 Å². The fraction of sp³-hybridized carbons (Fsp3) is 0.579. The zero-order valence-corrected chi connectivity index (χ0v) is 16.4. The number of nitrogens with one attached hydrogen (secondary N) is 2. The minimum absolute atomic E-state index is 0. The van der Waals surface area contributed by atoms with Gasteiger partial charge in [-0.3, -0.25) is 9.59 Å². The second-order valence-electron chi connectivity index (χ2n) is 6.62. The molecular weight excluding hydrogens is 376 g/mol. The Hall–Kier alpha value is -1.73. The van der Waals surface area contributed by atoms with Gasteiger partial charge in [0.15, 0.2) is 0 Å². The van der Waals surface area contributed by atoms with Crippen molar-refractivity contribution in [1.82, 2.24) is 15.5 Å². The Labute approximate surface area is 165 Å². The SMILES string of the molecule is CCNCC1CCN(C(=O)CCCNC(=O)c2ccc(F)cc2F)CC1.Cl. The molecule has 1 aliphatic heterocycles. The first-order valence-electron chi connectivity index (χ1n) is 9.23. The molecule has 2 rings (SSSR count). The number of benzene rings is 1. The van der Waals surface area contributed by atoms with Gasteiger partial charge in [-0.1, -0.05) is 6.92 Å². The van der Waals surface area contributed by atoms with Crippen molar-refractivity contribution >= 4 is 24.2 Å². The van der Waals surface area contributed by atoms with Gasteiger partial charge in [-0.25, -0.2) is 8.78 Å². The minimum Gasteiger partial charge on any atom is -0.352 e. The summed E-state index contributed by atoms with van der Waals surface area (Å²) in [7, 11) is 0. The van der Waals surface area contributed by atoms with Crippen molar-refractivity contribution in [3.05, 3.63) is 35.4 Å². The van der Waals surface area contributed by atoms with Crippen LogP contribution in [0.4, 0.5) is 8.78 Å². The van der Waals surface area contributed by atoms with Gasteiger partial charge < -0.3 is 15.5 Å². The van der Waals surface area contributed by atoms with E-state index in [-0.39, 0.29) is 30.4 Å². The van der Waals surface area contributed by atoms with E-state index in [0.717, 1.165) is 51.2 Å². The Morgan fingerprint density at radius 1 is 1.22 bits per heavy atom. The first-order chi connectivity index (χ1) is 12.5. The van der Waals surface area contributed by atoms with E-state index in [1.54, 1.807) is 0 Å². The molecule has 5 nitrogen and oxygen atoms in total. The Morgan fingerprint density at radius 3 is 2.56 bits per heavy atom. The summed E-state index contributed by atoms with van der Waals surface area (Å²) < 4.78 is 26.4. The Balaban J connectivity index is 0.00000364. The lowest BCUT2D eigenvalue weighted by molar-refractivity contribution is -0.132. The minimum atomic E-state index is -0.890. The van der Waals surface area contributed by atoms with E-state index in [1.807, 2.05) is 4.90 Å². The molecule has 2 N–H and O–H groups in total. The van der Waals surface area contributed by atoms with E-state index in [2.05, 4.69) is 17.6 Å². The second-order valence-corrected chi connectivity index (χ2v) is 6.62. The number of halogens is 3. The monoisotopic (exact) mass is 403 g/mol. The van der Waals surface area contributed by atoms with Crippen LogP contribution in [0.3, 0.4) is 0 Å². The molecule has 2 amide bonds. The zero-order chi connectivity index (χ0) is 18.9. The molecule has 8 heteroatoms. The lowest BCUT2D eigenvalue weighted by Crippen LogP contribution is -2.41. The number of amides is 2. The van der Waals surface area contributed by atoms with E-state index >= 15 is 0 Å². The molecule has 1 heterocycles. The highest BCUT2D eigenvalue weighted by Crippen LogP contribution is 2.17. The van der Waals surface area contributed by atoms with E-state index in [4.69, 9.17) is 0 Å². The molecule has 27 heavy (non-hydrogen) atoms. The maximum Gasteiger partial charge on any atom is 0.254 e. The van der Waals surface area contributed by atoms with Gasteiger partial charge in [-0.15, -0.1) is 12.4 Å². The topological polar surface area (TPSA) is 61.4 Å². The number of carbonyl (C=O) groups excluding carboxylic acids is 2. The molecule has 0 spiro atoms. The zero-order valence-electron chi connectivity index (χ0n) is 15.6. The van der Waals surface area contributed by atoms with Gasteiger partial charge in [0, 0.05) is 32.1 Å². The van der Waals surface area contributed by atoms with Crippen LogP contribution in [0.2, 0.25) is 0 Å². The molecule has 1 aromatic carbocycles. The maximum absolute atomic E-state index is 13.5. The first kappa shape index (κ1) is 23.3. The molecule has 0 aliphatic carbocycles. The number of hydrogen-bond acceptors (Lipinski definition) is 3. The normalized spacial score (nSPS) is 14.6. The predicted molar refractivity (Wildman–Crippen MR) is 103 cm³/mol. The van der Waals surface area contributed by atoms with Crippen molar-refractivity contribution in [2.45, 2.75) is 32.6 Å². The molecule has 1 aliphatic rings.